The van der Waals surface area contributed by atoms with Crippen molar-refractivity contribution in [2.45, 2.75) is 19.0 Å². The Kier molecular flexibility index (Phi) is 5.64. The van der Waals surface area contributed by atoms with Crippen LogP contribution in [0.3, 0.4) is 0 Å². The van der Waals surface area contributed by atoms with Gasteiger partial charge in [-0.1, -0.05) is 24.3 Å². The second-order valence-corrected chi connectivity index (χ2v) is 6.34. The van der Waals surface area contributed by atoms with E-state index in [0.717, 1.165) is 17.2 Å². The highest BCUT2D eigenvalue weighted by atomic mass is 16.6. The number of carbonyl (C=O) groups is 2. The fourth-order valence-corrected chi connectivity index (χ4v) is 3.36. The molecule has 0 radical (unpaired) electrons. The number of carbonyl (C=O) groups excluding carboxylic acids is 2. The Morgan fingerprint density at radius 1 is 1.17 bits per heavy atom. The second kappa shape index (κ2) is 8.15. The number of rotatable bonds is 5. The number of nitrogens with zero attached hydrogens (tertiary/aromatic N) is 2. The lowest BCUT2D eigenvalue weighted by atomic mass is 9.93. The Labute approximate surface area is 165 Å². The molecule has 1 aliphatic heterocycles. The molecule has 0 saturated carbocycles. The van der Waals surface area contributed by atoms with E-state index >= 15 is 0 Å². The Balaban J connectivity index is 2.10. The molecule has 1 aliphatic rings. The predicted molar refractivity (Wildman–Crippen MR) is 100 cm³/mol. The highest BCUT2D eigenvalue weighted by molar-refractivity contribution is 6.01. The molecule has 0 aliphatic carbocycles. The van der Waals surface area contributed by atoms with Crippen LogP contribution < -0.4 is 15.5 Å². The van der Waals surface area contributed by atoms with E-state index in [4.69, 9.17) is 15.4 Å². The molecular weight excluding hydrogens is 382 g/mol. The average Bonchev–Trinajstić information content (AvgIpc) is 2.75. The summed E-state index contributed by atoms with van der Waals surface area (Å²) in [6, 6.07) is 8.63. The van der Waals surface area contributed by atoms with E-state index in [-0.39, 0.29) is 30.0 Å². The molecule has 1 atom stereocenters. The van der Waals surface area contributed by atoms with Crippen molar-refractivity contribution in [3.8, 4) is 11.5 Å². The van der Waals surface area contributed by atoms with Gasteiger partial charge in [-0.25, -0.2) is 4.79 Å². The lowest BCUT2D eigenvalue weighted by molar-refractivity contribution is -0.385. The minimum Gasteiger partial charge on any atom is -0.493 e. The molecule has 0 bridgehead atoms. The van der Waals surface area contributed by atoms with Gasteiger partial charge < -0.3 is 19.2 Å². The van der Waals surface area contributed by atoms with Gasteiger partial charge in [-0.05, 0) is 11.1 Å². The molecule has 10 heteroatoms. The summed E-state index contributed by atoms with van der Waals surface area (Å²) in [4.78, 5) is 42.4. The van der Waals surface area contributed by atoms with Gasteiger partial charge in [0, 0.05) is 19.0 Å². The van der Waals surface area contributed by atoms with Gasteiger partial charge in [0.05, 0.1) is 25.2 Å². The number of fused-ring (bicyclic) bond motifs is 1. The smallest absolute Gasteiger partial charge is 0.328 e. The van der Waals surface area contributed by atoms with Crippen LogP contribution in [0.25, 0.3) is 0 Å². The fraction of sp³-hybridized carbons (Fsp3) is 0.263. The number of nitrogens with two attached hydrogens (primary N) is 1. The first kappa shape index (κ1) is 20.1. The van der Waals surface area contributed by atoms with E-state index in [1.165, 1.54) is 25.2 Å². The highest BCUT2D eigenvalue weighted by Gasteiger charge is 2.38. The lowest BCUT2D eigenvalue weighted by Gasteiger charge is -2.35. The largest absolute Gasteiger partial charge is 0.493 e. The summed E-state index contributed by atoms with van der Waals surface area (Å²) in [5.41, 5.74) is 0.989. The van der Waals surface area contributed by atoms with E-state index in [1.807, 2.05) is 24.3 Å². The van der Waals surface area contributed by atoms with Crippen molar-refractivity contribution < 1.29 is 28.8 Å². The average molecular weight is 401 g/mol. The van der Waals surface area contributed by atoms with Crippen LogP contribution >= 0.6 is 0 Å². The standard InChI is InChI=1S/C19H19N3O7/c1-27-16-8-13(14(22(25)26)9-17(16)29-20)18(23)21-10-12-6-4-3-5-11(12)7-15(21)19(24)28-2/h3-6,8-9,15H,7,10,20H2,1-2H3/t15-/m0/s1. The number of esters is 1. The van der Waals surface area contributed by atoms with Crippen molar-refractivity contribution in [3.63, 3.8) is 0 Å². The zero-order valence-electron chi connectivity index (χ0n) is 15.8. The number of nitro benzene ring substituents is 1. The van der Waals surface area contributed by atoms with Gasteiger partial charge in [0.2, 0.25) is 0 Å². The van der Waals surface area contributed by atoms with Crippen LogP contribution in [-0.2, 0) is 22.5 Å². The van der Waals surface area contributed by atoms with E-state index in [2.05, 4.69) is 4.84 Å². The van der Waals surface area contributed by atoms with E-state index < -0.39 is 28.5 Å². The summed E-state index contributed by atoms with van der Waals surface area (Å²) in [5.74, 6) is 3.78. The van der Waals surface area contributed by atoms with Crippen molar-refractivity contribution in [1.82, 2.24) is 4.90 Å². The van der Waals surface area contributed by atoms with Gasteiger partial charge in [0.15, 0.2) is 11.5 Å². The van der Waals surface area contributed by atoms with Crippen LogP contribution in [0.15, 0.2) is 36.4 Å². The number of amides is 1. The maximum atomic E-state index is 13.3. The molecule has 0 aromatic heterocycles. The lowest BCUT2D eigenvalue weighted by Crippen LogP contribution is -2.49. The minimum atomic E-state index is -0.918. The minimum absolute atomic E-state index is 0.0495. The summed E-state index contributed by atoms with van der Waals surface area (Å²) >= 11 is 0. The Hall–Kier alpha value is -3.66. The van der Waals surface area contributed by atoms with E-state index in [9.17, 15) is 19.7 Å². The Morgan fingerprint density at radius 2 is 1.86 bits per heavy atom. The summed E-state index contributed by atoms with van der Waals surface area (Å²) < 4.78 is 9.96. The van der Waals surface area contributed by atoms with Gasteiger partial charge >= 0.3 is 5.97 Å². The van der Waals surface area contributed by atoms with Crippen molar-refractivity contribution in [2.24, 2.45) is 5.90 Å². The number of benzene rings is 2. The van der Waals surface area contributed by atoms with Crippen LogP contribution in [-0.4, -0.2) is 42.0 Å². The van der Waals surface area contributed by atoms with Gasteiger partial charge in [-0.3, -0.25) is 14.9 Å². The summed E-state index contributed by atoms with van der Waals surface area (Å²) in [7, 11) is 2.54. The number of ether oxygens (including phenoxy) is 2. The molecule has 0 fully saturated rings. The number of methoxy groups -OCH3 is 2. The maximum absolute atomic E-state index is 13.3. The first-order valence-corrected chi connectivity index (χ1v) is 8.60. The van der Waals surface area contributed by atoms with Crippen LogP contribution in [0.5, 0.6) is 11.5 Å². The molecule has 2 N–H and O–H groups in total. The third kappa shape index (κ3) is 3.69. The van der Waals surface area contributed by atoms with Crippen LogP contribution in [0.1, 0.15) is 21.5 Å². The Bertz CT molecular complexity index is 976. The predicted octanol–water partition coefficient (Wildman–Crippen LogP) is 1.60. The summed E-state index contributed by atoms with van der Waals surface area (Å²) in [6.45, 7) is 0.101. The zero-order valence-corrected chi connectivity index (χ0v) is 15.8. The summed E-state index contributed by atoms with van der Waals surface area (Å²) in [5, 5.41) is 11.6. The third-order valence-corrected chi connectivity index (χ3v) is 4.82. The quantitative estimate of drug-likeness (QED) is 0.453. The van der Waals surface area contributed by atoms with Crippen molar-refractivity contribution in [1.29, 1.82) is 0 Å². The topological polar surface area (TPSA) is 134 Å². The number of hydrogen-bond acceptors (Lipinski definition) is 8. The molecule has 29 heavy (non-hydrogen) atoms. The molecule has 10 nitrogen and oxygen atoms in total. The van der Waals surface area contributed by atoms with Gasteiger partial charge in [-0.2, -0.15) is 5.90 Å². The molecule has 2 aromatic rings. The molecule has 152 valence electrons. The van der Waals surface area contributed by atoms with Crippen molar-refractivity contribution in [2.75, 3.05) is 14.2 Å². The molecule has 2 aromatic carbocycles. The molecule has 3 rings (SSSR count). The second-order valence-electron chi connectivity index (χ2n) is 6.34. The first-order chi connectivity index (χ1) is 13.9. The van der Waals surface area contributed by atoms with Crippen LogP contribution in [0.4, 0.5) is 5.69 Å². The van der Waals surface area contributed by atoms with Gasteiger partial charge in [0.25, 0.3) is 11.6 Å². The van der Waals surface area contributed by atoms with Crippen LogP contribution in [0, 0.1) is 10.1 Å². The first-order valence-electron chi connectivity index (χ1n) is 8.60. The summed E-state index contributed by atoms with van der Waals surface area (Å²) in [6.07, 6.45) is 0.240. The monoisotopic (exact) mass is 401 g/mol. The van der Waals surface area contributed by atoms with Crippen molar-refractivity contribution >= 4 is 17.6 Å². The zero-order chi connectivity index (χ0) is 21.1. The SMILES string of the molecule is COC(=O)[C@@H]1Cc2ccccc2CN1C(=O)c1cc(OC)c(ON)cc1[N+](=O)[O-]. The van der Waals surface area contributed by atoms with E-state index in [1.54, 1.807) is 0 Å². The molecular formula is C19H19N3O7. The molecule has 1 amide bonds. The van der Waals surface area contributed by atoms with Crippen LogP contribution in [0.2, 0.25) is 0 Å². The van der Waals surface area contributed by atoms with E-state index in [0.29, 0.717) is 0 Å². The van der Waals surface area contributed by atoms with Gasteiger partial charge in [-0.15, -0.1) is 0 Å². The normalized spacial score (nSPS) is 15.3. The molecule has 0 saturated heterocycles. The number of nitro groups is 1. The maximum Gasteiger partial charge on any atom is 0.328 e. The highest BCUT2D eigenvalue weighted by Crippen LogP contribution is 2.36. The van der Waals surface area contributed by atoms with Crippen molar-refractivity contribution in [3.05, 3.63) is 63.2 Å². The number of hydrogen-bond donors (Lipinski definition) is 1. The van der Waals surface area contributed by atoms with Gasteiger partial charge in [0.1, 0.15) is 11.6 Å². The molecule has 0 spiro atoms. The third-order valence-electron chi connectivity index (χ3n) is 4.82. The Morgan fingerprint density at radius 3 is 2.45 bits per heavy atom. The molecule has 1 heterocycles. The molecule has 0 unspecified atom stereocenters. The fourth-order valence-electron chi connectivity index (χ4n) is 3.36.